The molecule has 1 aromatic heterocycles. The van der Waals surface area contributed by atoms with Gasteiger partial charge in [0.15, 0.2) is 0 Å². The van der Waals surface area contributed by atoms with Gasteiger partial charge < -0.3 is 9.64 Å². The minimum atomic E-state index is -0.435. The summed E-state index contributed by atoms with van der Waals surface area (Å²) < 4.78 is 4.83. The number of carbonyl (C=O) groups excluding carboxylic acids is 2. The third kappa shape index (κ3) is 2.90. The van der Waals surface area contributed by atoms with Gasteiger partial charge in [-0.1, -0.05) is 6.07 Å². The normalized spacial score (nSPS) is 10.3. The quantitative estimate of drug-likeness (QED) is 0.784. The van der Waals surface area contributed by atoms with Crippen molar-refractivity contribution in [1.29, 1.82) is 0 Å². The van der Waals surface area contributed by atoms with Crippen molar-refractivity contribution in [2.75, 3.05) is 20.2 Å². The molecular formula is C14H15N3O3. The van der Waals surface area contributed by atoms with Crippen LogP contribution in [-0.2, 0) is 9.53 Å². The molecule has 2 aromatic rings. The summed E-state index contributed by atoms with van der Waals surface area (Å²) in [6.07, 6.45) is 3.10. The fourth-order valence-corrected chi connectivity index (χ4v) is 1.84. The van der Waals surface area contributed by atoms with E-state index in [0.717, 1.165) is 0 Å². The first-order chi connectivity index (χ1) is 9.63. The number of amides is 1. The zero-order valence-corrected chi connectivity index (χ0v) is 11.4. The standard InChI is InChI=1S/C14H15N3O3/c1-3-20-12(18)9-17(2)14(19)10-5-4-6-11-13(10)16-8-7-15-11/h4-8H,3,9H2,1-2H3. The van der Waals surface area contributed by atoms with Crippen molar-refractivity contribution >= 4 is 22.9 Å². The van der Waals surface area contributed by atoms with E-state index in [1.165, 1.54) is 11.1 Å². The predicted molar refractivity (Wildman–Crippen MR) is 73.1 cm³/mol. The number of esters is 1. The molecule has 2 rings (SSSR count). The highest BCUT2D eigenvalue weighted by Crippen LogP contribution is 2.15. The van der Waals surface area contributed by atoms with E-state index in [2.05, 4.69) is 9.97 Å². The summed E-state index contributed by atoms with van der Waals surface area (Å²) in [5.74, 6) is -0.723. The first kappa shape index (κ1) is 13.9. The van der Waals surface area contributed by atoms with Gasteiger partial charge in [0.1, 0.15) is 12.1 Å². The van der Waals surface area contributed by atoms with E-state index in [4.69, 9.17) is 4.74 Å². The highest BCUT2D eigenvalue weighted by Gasteiger charge is 2.18. The fraction of sp³-hybridized carbons (Fsp3) is 0.286. The van der Waals surface area contributed by atoms with Gasteiger partial charge in [0.2, 0.25) is 0 Å². The van der Waals surface area contributed by atoms with Crippen molar-refractivity contribution in [2.45, 2.75) is 6.92 Å². The molecule has 1 heterocycles. The largest absolute Gasteiger partial charge is 0.465 e. The van der Waals surface area contributed by atoms with Gasteiger partial charge in [-0.3, -0.25) is 19.6 Å². The second-order valence-corrected chi connectivity index (χ2v) is 4.20. The number of hydrogen-bond donors (Lipinski definition) is 0. The van der Waals surface area contributed by atoms with E-state index in [1.807, 2.05) is 0 Å². The molecule has 0 saturated carbocycles. The Bertz CT molecular complexity index is 637. The summed E-state index contributed by atoms with van der Waals surface area (Å²) in [6, 6.07) is 5.19. The first-order valence-corrected chi connectivity index (χ1v) is 6.24. The van der Waals surface area contributed by atoms with Gasteiger partial charge in [-0.15, -0.1) is 0 Å². The zero-order valence-electron chi connectivity index (χ0n) is 11.4. The van der Waals surface area contributed by atoms with Crippen LogP contribution in [0.3, 0.4) is 0 Å². The van der Waals surface area contributed by atoms with Crippen molar-refractivity contribution in [2.24, 2.45) is 0 Å². The monoisotopic (exact) mass is 273 g/mol. The molecule has 0 unspecified atom stereocenters. The number of fused-ring (bicyclic) bond motifs is 1. The van der Waals surface area contributed by atoms with Crippen molar-refractivity contribution in [3.05, 3.63) is 36.2 Å². The number of carbonyl (C=O) groups is 2. The molecule has 104 valence electrons. The minimum Gasteiger partial charge on any atom is -0.465 e. The Hall–Kier alpha value is -2.50. The summed E-state index contributed by atoms with van der Waals surface area (Å²) in [4.78, 5) is 33.4. The summed E-state index contributed by atoms with van der Waals surface area (Å²) in [5, 5.41) is 0. The lowest BCUT2D eigenvalue weighted by Crippen LogP contribution is -2.33. The summed E-state index contributed by atoms with van der Waals surface area (Å²) in [7, 11) is 1.55. The smallest absolute Gasteiger partial charge is 0.325 e. The van der Waals surface area contributed by atoms with Gasteiger partial charge in [-0.2, -0.15) is 0 Å². The number of hydrogen-bond acceptors (Lipinski definition) is 5. The summed E-state index contributed by atoms with van der Waals surface area (Å²) >= 11 is 0. The molecule has 0 atom stereocenters. The molecule has 20 heavy (non-hydrogen) atoms. The molecule has 0 radical (unpaired) electrons. The molecule has 0 aliphatic heterocycles. The average molecular weight is 273 g/mol. The predicted octanol–water partition coefficient (Wildman–Crippen LogP) is 1.26. The molecule has 6 heteroatoms. The SMILES string of the molecule is CCOC(=O)CN(C)C(=O)c1cccc2nccnc12. The topological polar surface area (TPSA) is 72.4 Å². The first-order valence-electron chi connectivity index (χ1n) is 6.24. The van der Waals surface area contributed by atoms with Gasteiger partial charge >= 0.3 is 5.97 Å². The number of ether oxygens (including phenoxy) is 1. The number of rotatable bonds is 4. The molecule has 1 aromatic carbocycles. The maximum absolute atomic E-state index is 12.3. The van der Waals surface area contributed by atoms with Crippen LogP contribution in [-0.4, -0.2) is 46.9 Å². The Labute approximate surface area is 116 Å². The van der Waals surface area contributed by atoms with Crippen LogP contribution in [0.1, 0.15) is 17.3 Å². The van der Waals surface area contributed by atoms with Crippen molar-refractivity contribution < 1.29 is 14.3 Å². The van der Waals surface area contributed by atoms with Gasteiger partial charge in [0.25, 0.3) is 5.91 Å². The van der Waals surface area contributed by atoms with E-state index in [0.29, 0.717) is 23.2 Å². The lowest BCUT2D eigenvalue weighted by atomic mass is 10.1. The van der Waals surface area contributed by atoms with E-state index < -0.39 is 5.97 Å². The number of nitrogens with zero attached hydrogens (tertiary/aromatic N) is 3. The fourth-order valence-electron chi connectivity index (χ4n) is 1.84. The molecule has 0 bridgehead atoms. The number of aromatic nitrogens is 2. The molecule has 6 nitrogen and oxygen atoms in total. The van der Waals surface area contributed by atoms with Crippen LogP contribution in [0.25, 0.3) is 11.0 Å². The highest BCUT2D eigenvalue weighted by molar-refractivity contribution is 6.05. The summed E-state index contributed by atoms with van der Waals surface area (Å²) in [6.45, 7) is 1.92. The average Bonchev–Trinajstić information content (AvgIpc) is 2.46. The zero-order chi connectivity index (χ0) is 14.5. The highest BCUT2D eigenvalue weighted by atomic mass is 16.5. The lowest BCUT2D eigenvalue weighted by Gasteiger charge is -2.16. The maximum atomic E-state index is 12.3. The number of benzene rings is 1. The van der Waals surface area contributed by atoms with Crippen molar-refractivity contribution in [1.82, 2.24) is 14.9 Å². The molecular weight excluding hydrogens is 258 g/mol. The Morgan fingerprint density at radius 1 is 1.25 bits per heavy atom. The van der Waals surface area contributed by atoms with E-state index in [1.54, 1.807) is 38.4 Å². The van der Waals surface area contributed by atoms with Crippen LogP contribution in [0.2, 0.25) is 0 Å². The minimum absolute atomic E-state index is 0.0939. The van der Waals surface area contributed by atoms with E-state index in [9.17, 15) is 9.59 Å². The van der Waals surface area contributed by atoms with Gasteiger partial charge in [0, 0.05) is 19.4 Å². The van der Waals surface area contributed by atoms with Crippen LogP contribution in [0, 0.1) is 0 Å². The Morgan fingerprint density at radius 2 is 2.00 bits per heavy atom. The Balaban J connectivity index is 2.25. The Kier molecular flexibility index (Phi) is 4.24. The molecule has 0 aliphatic rings. The number of likely N-dealkylation sites (N-methyl/N-ethyl adjacent to an activating group) is 1. The third-order valence-electron chi connectivity index (χ3n) is 2.75. The van der Waals surface area contributed by atoms with Crippen molar-refractivity contribution in [3.63, 3.8) is 0 Å². The Morgan fingerprint density at radius 3 is 2.75 bits per heavy atom. The van der Waals surface area contributed by atoms with Gasteiger partial charge in [-0.25, -0.2) is 0 Å². The van der Waals surface area contributed by atoms with Crippen LogP contribution >= 0.6 is 0 Å². The third-order valence-corrected chi connectivity index (χ3v) is 2.75. The van der Waals surface area contributed by atoms with E-state index in [-0.39, 0.29) is 12.5 Å². The van der Waals surface area contributed by atoms with Crippen molar-refractivity contribution in [3.8, 4) is 0 Å². The number of para-hydroxylation sites is 1. The molecule has 0 aliphatic carbocycles. The molecule has 0 spiro atoms. The molecule has 0 saturated heterocycles. The van der Waals surface area contributed by atoms with Crippen LogP contribution in [0.4, 0.5) is 0 Å². The van der Waals surface area contributed by atoms with Crippen LogP contribution in [0.5, 0.6) is 0 Å². The lowest BCUT2D eigenvalue weighted by molar-refractivity contribution is -0.143. The molecule has 0 N–H and O–H groups in total. The van der Waals surface area contributed by atoms with Crippen LogP contribution in [0.15, 0.2) is 30.6 Å². The maximum Gasteiger partial charge on any atom is 0.325 e. The molecule has 1 amide bonds. The second kappa shape index (κ2) is 6.10. The summed E-state index contributed by atoms with van der Waals surface area (Å²) in [5.41, 5.74) is 1.58. The van der Waals surface area contributed by atoms with Gasteiger partial charge in [-0.05, 0) is 19.1 Å². The van der Waals surface area contributed by atoms with Crippen LogP contribution < -0.4 is 0 Å². The molecule has 0 fully saturated rings. The van der Waals surface area contributed by atoms with Gasteiger partial charge in [0.05, 0.1) is 17.7 Å². The van der Waals surface area contributed by atoms with E-state index >= 15 is 0 Å². The second-order valence-electron chi connectivity index (χ2n) is 4.20.